The van der Waals surface area contributed by atoms with Crippen LogP contribution in [-0.2, 0) is 14.3 Å². The fourth-order valence-electron chi connectivity index (χ4n) is 2.45. The summed E-state index contributed by atoms with van der Waals surface area (Å²) in [5.41, 5.74) is -0.0270. The highest BCUT2D eigenvalue weighted by atomic mass is 35.5. The van der Waals surface area contributed by atoms with Crippen molar-refractivity contribution in [2.24, 2.45) is 0 Å². The van der Waals surface area contributed by atoms with E-state index in [0.717, 1.165) is 5.69 Å². The van der Waals surface area contributed by atoms with Gasteiger partial charge in [0.05, 0.1) is 23.9 Å². The van der Waals surface area contributed by atoms with Gasteiger partial charge in [0.2, 0.25) is 0 Å². The summed E-state index contributed by atoms with van der Waals surface area (Å²) in [5, 5.41) is 3.85. The second kappa shape index (κ2) is 5.80. The maximum absolute atomic E-state index is 12.2. The van der Waals surface area contributed by atoms with Gasteiger partial charge in [-0.2, -0.15) is 0 Å². The van der Waals surface area contributed by atoms with Gasteiger partial charge in [-0.15, -0.1) is 0 Å². The molecule has 1 aromatic carbocycles. The van der Waals surface area contributed by atoms with Gasteiger partial charge < -0.3 is 14.8 Å². The Bertz CT molecular complexity index is 466. The quantitative estimate of drug-likeness (QED) is 0.867. The van der Waals surface area contributed by atoms with E-state index >= 15 is 0 Å². The number of benzene rings is 1. The molecule has 1 fully saturated rings. The number of methoxy groups -OCH3 is 1. The average Bonchev–Trinajstić information content (AvgIpc) is 2.40. The smallest absolute Gasteiger partial charge is 0.331 e. The van der Waals surface area contributed by atoms with E-state index in [2.05, 4.69) is 5.32 Å². The first-order valence-corrected chi connectivity index (χ1v) is 6.68. The van der Waals surface area contributed by atoms with E-state index in [0.29, 0.717) is 24.5 Å². The second-order valence-electron chi connectivity index (χ2n) is 4.81. The molecule has 0 aromatic heterocycles. The Balaban J connectivity index is 2.28. The maximum atomic E-state index is 12.2. The van der Waals surface area contributed by atoms with E-state index in [1.807, 2.05) is 25.1 Å². The third-order valence-corrected chi connectivity index (χ3v) is 3.72. The Hall–Kier alpha value is -1.26. The van der Waals surface area contributed by atoms with Crippen LogP contribution in [0.4, 0.5) is 5.69 Å². The summed E-state index contributed by atoms with van der Waals surface area (Å²) >= 11 is 6.14. The summed E-state index contributed by atoms with van der Waals surface area (Å²) in [6, 6.07) is 7.37. The van der Waals surface area contributed by atoms with E-state index in [1.54, 1.807) is 6.07 Å². The van der Waals surface area contributed by atoms with Gasteiger partial charge in [0.25, 0.3) is 0 Å². The van der Waals surface area contributed by atoms with Crippen LogP contribution in [0.25, 0.3) is 0 Å². The predicted octanol–water partition coefficient (Wildman–Crippen LogP) is 2.86. The molecule has 1 N–H and O–H groups in total. The Morgan fingerprint density at radius 3 is 2.89 bits per heavy atom. The van der Waals surface area contributed by atoms with Crippen molar-refractivity contribution in [2.45, 2.75) is 31.4 Å². The molecule has 19 heavy (non-hydrogen) atoms. The molecule has 0 saturated carbocycles. The number of carbonyl (C=O) groups excluding carboxylic acids is 1. The molecule has 2 unspecified atom stereocenters. The lowest BCUT2D eigenvalue weighted by Crippen LogP contribution is -2.53. The van der Waals surface area contributed by atoms with Gasteiger partial charge in [-0.1, -0.05) is 23.7 Å². The number of carbonyl (C=O) groups is 1. The minimum Gasteiger partial charge on any atom is -0.467 e. The van der Waals surface area contributed by atoms with Gasteiger partial charge in [0.1, 0.15) is 5.54 Å². The van der Waals surface area contributed by atoms with Crippen LogP contribution in [0.5, 0.6) is 0 Å². The molecule has 1 aromatic rings. The first-order valence-electron chi connectivity index (χ1n) is 6.30. The lowest BCUT2D eigenvalue weighted by molar-refractivity contribution is -0.151. The molecule has 104 valence electrons. The Kier molecular flexibility index (Phi) is 4.32. The predicted molar refractivity (Wildman–Crippen MR) is 74.5 cm³/mol. The van der Waals surface area contributed by atoms with Crippen molar-refractivity contribution in [1.82, 2.24) is 0 Å². The highest BCUT2D eigenvalue weighted by Gasteiger charge is 2.43. The minimum absolute atomic E-state index is 0.00263. The highest BCUT2D eigenvalue weighted by Crippen LogP contribution is 2.33. The highest BCUT2D eigenvalue weighted by molar-refractivity contribution is 6.33. The monoisotopic (exact) mass is 283 g/mol. The molecule has 5 heteroatoms. The molecular formula is C14H18ClNO3. The van der Waals surface area contributed by atoms with E-state index in [4.69, 9.17) is 21.1 Å². The van der Waals surface area contributed by atoms with Crippen LogP contribution in [0.2, 0.25) is 5.02 Å². The molecule has 0 amide bonds. The van der Waals surface area contributed by atoms with Crippen LogP contribution >= 0.6 is 11.6 Å². The molecule has 0 radical (unpaired) electrons. The zero-order valence-corrected chi connectivity index (χ0v) is 11.9. The van der Waals surface area contributed by atoms with Crippen LogP contribution in [0.15, 0.2) is 24.3 Å². The lowest BCUT2D eigenvalue weighted by atomic mass is 9.86. The van der Waals surface area contributed by atoms with Crippen LogP contribution in [0.1, 0.15) is 19.8 Å². The van der Waals surface area contributed by atoms with Gasteiger partial charge in [-0.25, -0.2) is 4.79 Å². The SMILES string of the molecule is COC(=O)C1(Nc2ccccc2Cl)CCOC(C)C1. The van der Waals surface area contributed by atoms with E-state index < -0.39 is 5.54 Å². The molecule has 4 nitrogen and oxygen atoms in total. The molecule has 0 bridgehead atoms. The maximum Gasteiger partial charge on any atom is 0.331 e. The standard InChI is InChI=1S/C14H18ClNO3/c1-10-9-14(7-8-19-10,13(17)18-2)16-12-6-4-3-5-11(12)15/h3-6,10,16H,7-9H2,1-2H3. The topological polar surface area (TPSA) is 47.6 Å². The van der Waals surface area contributed by atoms with Gasteiger partial charge >= 0.3 is 5.97 Å². The molecule has 2 atom stereocenters. The Morgan fingerprint density at radius 1 is 1.53 bits per heavy atom. The summed E-state index contributed by atoms with van der Waals surface area (Å²) in [6.07, 6.45) is 1.13. The fraction of sp³-hybridized carbons (Fsp3) is 0.500. The van der Waals surface area contributed by atoms with E-state index in [9.17, 15) is 4.79 Å². The molecule has 2 rings (SSSR count). The first-order chi connectivity index (χ1) is 9.07. The van der Waals surface area contributed by atoms with Gasteiger partial charge in [-0.05, 0) is 19.1 Å². The van der Waals surface area contributed by atoms with E-state index in [-0.39, 0.29) is 12.1 Å². The van der Waals surface area contributed by atoms with Gasteiger partial charge in [-0.3, -0.25) is 0 Å². The van der Waals surface area contributed by atoms with Crippen LogP contribution < -0.4 is 5.32 Å². The normalized spacial score (nSPS) is 26.8. The van der Waals surface area contributed by atoms with Crippen LogP contribution in [0.3, 0.4) is 0 Å². The summed E-state index contributed by atoms with van der Waals surface area (Å²) in [6.45, 7) is 2.47. The summed E-state index contributed by atoms with van der Waals surface area (Å²) in [4.78, 5) is 12.2. The van der Waals surface area contributed by atoms with Crippen molar-refractivity contribution in [1.29, 1.82) is 0 Å². The molecule has 1 saturated heterocycles. The Morgan fingerprint density at radius 2 is 2.26 bits per heavy atom. The number of hydrogen-bond acceptors (Lipinski definition) is 4. The number of anilines is 1. The first kappa shape index (κ1) is 14.2. The number of esters is 1. The van der Waals surface area contributed by atoms with Crippen molar-refractivity contribution in [3.63, 3.8) is 0 Å². The molecule has 0 spiro atoms. The fourth-order valence-corrected chi connectivity index (χ4v) is 2.63. The molecule has 1 heterocycles. The number of para-hydroxylation sites is 1. The second-order valence-corrected chi connectivity index (χ2v) is 5.22. The summed E-state index contributed by atoms with van der Waals surface area (Å²) in [7, 11) is 1.40. The van der Waals surface area contributed by atoms with Crippen molar-refractivity contribution in [2.75, 3.05) is 19.0 Å². The number of halogens is 1. The number of ether oxygens (including phenoxy) is 2. The molecule has 1 aliphatic heterocycles. The molecule has 1 aliphatic rings. The average molecular weight is 284 g/mol. The zero-order chi connectivity index (χ0) is 13.9. The minimum atomic E-state index is -0.766. The van der Waals surface area contributed by atoms with Crippen molar-refractivity contribution in [3.05, 3.63) is 29.3 Å². The van der Waals surface area contributed by atoms with Gasteiger partial charge in [0, 0.05) is 19.4 Å². The number of hydrogen-bond donors (Lipinski definition) is 1. The number of nitrogens with one attached hydrogen (secondary N) is 1. The lowest BCUT2D eigenvalue weighted by Gasteiger charge is -2.39. The van der Waals surface area contributed by atoms with Crippen molar-refractivity contribution < 1.29 is 14.3 Å². The van der Waals surface area contributed by atoms with Crippen LogP contribution in [0, 0.1) is 0 Å². The number of rotatable bonds is 3. The van der Waals surface area contributed by atoms with E-state index in [1.165, 1.54) is 7.11 Å². The Labute approximate surface area is 118 Å². The van der Waals surface area contributed by atoms with Crippen molar-refractivity contribution >= 4 is 23.3 Å². The third-order valence-electron chi connectivity index (χ3n) is 3.39. The summed E-state index contributed by atoms with van der Waals surface area (Å²) < 4.78 is 10.5. The zero-order valence-electron chi connectivity index (χ0n) is 11.1. The van der Waals surface area contributed by atoms with Gasteiger partial charge in [0.15, 0.2) is 0 Å². The molecule has 0 aliphatic carbocycles. The molecular weight excluding hydrogens is 266 g/mol. The van der Waals surface area contributed by atoms with Crippen molar-refractivity contribution in [3.8, 4) is 0 Å². The van der Waals surface area contributed by atoms with Crippen LogP contribution in [-0.4, -0.2) is 31.3 Å². The largest absolute Gasteiger partial charge is 0.467 e. The third kappa shape index (κ3) is 3.01. The summed E-state index contributed by atoms with van der Waals surface area (Å²) in [5.74, 6) is -0.275.